The lowest BCUT2D eigenvalue weighted by Gasteiger charge is -2.25. The normalized spacial score (nSPS) is 12.5. The largest absolute Gasteiger partial charge is 0.372 e. The Morgan fingerprint density at radius 2 is 1.95 bits per heavy atom. The maximum atomic E-state index is 12.4. The fourth-order valence-corrected chi connectivity index (χ4v) is 5.67. The Labute approximate surface area is 256 Å². The van der Waals surface area contributed by atoms with Crippen LogP contribution in [-0.2, 0) is 17.8 Å². The Bertz CT molecular complexity index is 1870. The number of amides is 1. The van der Waals surface area contributed by atoms with Crippen LogP contribution in [0.3, 0.4) is 0 Å². The highest BCUT2D eigenvalue weighted by atomic mass is 16.5. The van der Waals surface area contributed by atoms with Crippen LogP contribution in [0.25, 0.3) is 33.6 Å². The summed E-state index contributed by atoms with van der Waals surface area (Å²) in [5.74, 6) is 1.03. The first-order chi connectivity index (χ1) is 21.2. The summed E-state index contributed by atoms with van der Waals surface area (Å²) in [5.41, 5.74) is 8.23. The number of benzene rings is 2. The van der Waals surface area contributed by atoms with Crippen LogP contribution in [-0.4, -0.2) is 69.7 Å². The van der Waals surface area contributed by atoms with Crippen molar-refractivity contribution in [3.05, 3.63) is 72.3 Å². The Hall–Kier alpha value is -5.03. The highest BCUT2D eigenvalue weighted by molar-refractivity contribution is 6.02. The lowest BCUT2D eigenvalue weighted by Crippen LogP contribution is -2.29. The van der Waals surface area contributed by atoms with E-state index in [2.05, 4.69) is 77.2 Å². The highest BCUT2D eigenvalue weighted by Gasteiger charge is 2.23. The molecule has 11 nitrogen and oxygen atoms in total. The molecule has 5 aromatic rings. The molecule has 0 saturated carbocycles. The van der Waals surface area contributed by atoms with E-state index in [0.29, 0.717) is 34.6 Å². The van der Waals surface area contributed by atoms with Crippen LogP contribution in [0.4, 0.5) is 23.0 Å². The van der Waals surface area contributed by atoms with Crippen molar-refractivity contribution in [2.24, 2.45) is 0 Å². The molecule has 0 radical (unpaired) electrons. The molecule has 6 rings (SSSR count). The van der Waals surface area contributed by atoms with Gasteiger partial charge in [-0.2, -0.15) is 4.98 Å². The fourth-order valence-electron chi connectivity index (χ4n) is 5.67. The number of para-hydroxylation sites is 1. The van der Waals surface area contributed by atoms with Gasteiger partial charge in [-0.3, -0.25) is 4.79 Å². The molecule has 0 spiro atoms. The Morgan fingerprint density at radius 1 is 1.11 bits per heavy atom. The van der Waals surface area contributed by atoms with E-state index in [9.17, 15) is 4.79 Å². The molecular weight excluding hydrogens is 554 g/mol. The quantitative estimate of drug-likeness (QED) is 0.201. The number of carbonyl (C=O) groups is 1. The monoisotopic (exact) mass is 591 g/mol. The van der Waals surface area contributed by atoms with Crippen molar-refractivity contribution in [2.75, 3.05) is 49.8 Å². The standard InChI is InChI=1S/C33H37N9O2/c1-7-29(43)36-27-17-26(20(2)16-28(27)41(6)15-14-40(4)5)37-33-34-18-24(32-35-21(3)39-44-32)30(38-33)25-19-42-13-9-11-22-10-8-12-23(25)31(22)42/h7-8,10,12,16-19H,1,9,11,13-15H2,2-6H3,(H,36,43)(H,34,37,38). The zero-order valence-corrected chi connectivity index (χ0v) is 25.8. The molecule has 2 N–H and O–H groups in total. The van der Waals surface area contributed by atoms with E-state index in [4.69, 9.17) is 9.51 Å². The number of carbonyl (C=O) groups excluding carboxylic acids is 1. The number of anilines is 4. The van der Waals surface area contributed by atoms with Crippen molar-refractivity contribution in [1.29, 1.82) is 0 Å². The van der Waals surface area contributed by atoms with Crippen molar-refractivity contribution < 1.29 is 9.32 Å². The van der Waals surface area contributed by atoms with Crippen LogP contribution in [0.5, 0.6) is 0 Å². The summed E-state index contributed by atoms with van der Waals surface area (Å²) < 4.78 is 7.89. The molecule has 1 amide bonds. The van der Waals surface area contributed by atoms with Gasteiger partial charge in [-0.25, -0.2) is 9.97 Å². The van der Waals surface area contributed by atoms with E-state index in [0.717, 1.165) is 60.4 Å². The van der Waals surface area contributed by atoms with E-state index in [1.165, 1.54) is 17.2 Å². The minimum absolute atomic E-state index is 0.284. The number of hydrogen-bond donors (Lipinski definition) is 2. The summed E-state index contributed by atoms with van der Waals surface area (Å²) in [5, 5.41) is 11.5. The summed E-state index contributed by atoms with van der Waals surface area (Å²) in [6.07, 6.45) is 7.30. The Balaban J connectivity index is 1.43. The van der Waals surface area contributed by atoms with Crippen LogP contribution in [0.1, 0.15) is 23.4 Å². The van der Waals surface area contributed by atoms with E-state index in [1.807, 2.05) is 34.1 Å². The third-order valence-electron chi connectivity index (χ3n) is 7.96. The Kier molecular flexibility index (Phi) is 7.88. The maximum Gasteiger partial charge on any atom is 0.261 e. The van der Waals surface area contributed by atoms with E-state index in [-0.39, 0.29) is 5.91 Å². The van der Waals surface area contributed by atoms with Gasteiger partial charge in [0.25, 0.3) is 5.89 Å². The summed E-state index contributed by atoms with van der Waals surface area (Å²) in [6.45, 7) is 10.0. The molecule has 0 saturated heterocycles. The molecule has 0 unspecified atom stereocenters. The first kappa shape index (κ1) is 29.1. The number of aromatic nitrogens is 5. The number of aryl methyl sites for hydroxylation is 4. The van der Waals surface area contributed by atoms with E-state index >= 15 is 0 Å². The minimum Gasteiger partial charge on any atom is -0.372 e. The fraction of sp³-hybridized carbons (Fsp3) is 0.303. The SMILES string of the molecule is C=CC(=O)Nc1cc(Nc2ncc(-c3nc(C)no3)c(-c3cn4c5c(cccc35)CCC4)n2)c(C)cc1N(C)CCN(C)C. The maximum absolute atomic E-state index is 12.4. The van der Waals surface area contributed by atoms with Gasteiger partial charge in [0, 0.05) is 55.7 Å². The second-order valence-electron chi connectivity index (χ2n) is 11.5. The van der Waals surface area contributed by atoms with Gasteiger partial charge < -0.3 is 29.5 Å². The van der Waals surface area contributed by atoms with Crippen molar-refractivity contribution in [2.45, 2.75) is 33.2 Å². The molecule has 11 heteroatoms. The van der Waals surface area contributed by atoms with Crippen LogP contribution >= 0.6 is 0 Å². The molecule has 0 fully saturated rings. The number of hydrogen-bond acceptors (Lipinski definition) is 9. The van der Waals surface area contributed by atoms with Crippen LogP contribution in [0, 0.1) is 13.8 Å². The molecule has 4 heterocycles. The number of likely N-dealkylation sites (N-methyl/N-ethyl adjacent to an activating group) is 2. The summed E-state index contributed by atoms with van der Waals surface area (Å²) in [7, 11) is 6.09. The van der Waals surface area contributed by atoms with Gasteiger partial charge in [0.15, 0.2) is 5.82 Å². The van der Waals surface area contributed by atoms with Crippen LogP contribution in [0.2, 0.25) is 0 Å². The number of nitrogens with one attached hydrogen (secondary N) is 2. The second-order valence-corrected chi connectivity index (χ2v) is 11.5. The second kappa shape index (κ2) is 11.9. The highest BCUT2D eigenvalue weighted by Crippen LogP contribution is 2.39. The summed E-state index contributed by atoms with van der Waals surface area (Å²) in [4.78, 5) is 30.8. The zero-order chi connectivity index (χ0) is 31.0. The van der Waals surface area contributed by atoms with Gasteiger partial charge in [-0.15, -0.1) is 0 Å². The molecule has 0 aliphatic carbocycles. The smallest absolute Gasteiger partial charge is 0.261 e. The third kappa shape index (κ3) is 5.66. The van der Waals surface area contributed by atoms with Gasteiger partial charge in [0.1, 0.15) is 0 Å². The molecule has 1 aliphatic rings. The molecule has 44 heavy (non-hydrogen) atoms. The van der Waals surface area contributed by atoms with Crippen molar-refractivity contribution in [3.8, 4) is 22.7 Å². The van der Waals surface area contributed by atoms with E-state index in [1.54, 1.807) is 13.1 Å². The molecule has 1 aliphatic heterocycles. The Morgan fingerprint density at radius 3 is 2.70 bits per heavy atom. The molecule has 0 bridgehead atoms. The first-order valence-corrected chi connectivity index (χ1v) is 14.7. The lowest BCUT2D eigenvalue weighted by atomic mass is 10.0. The number of rotatable bonds is 10. The van der Waals surface area contributed by atoms with Gasteiger partial charge in [0.05, 0.1) is 28.1 Å². The predicted octanol–water partition coefficient (Wildman–Crippen LogP) is 5.58. The van der Waals surface area contributed by atoms with Crippen molar-refractivity contribution in [3.63, 3.8) is 0 Å². The lowest BCUT2D eigenvalue weighted by molar-refractivity contribution is -0.111. The molecule has 3 aromatic heterocycles. The van der Waals surface area contributed by atoms with Gasteiger partial charge in [-0.1, -0.05) is 29.9 Å². The first-order valence-electron chi connectivity index (χ1n) is 14.7. The predicted molar refractivity (Wildman–Crippen MR) is 174 cm³/mol. The third-order valence-corrected chi connectivity index (χ3v) is 7.96. The molecular formula is C33H37N9O2. The van der Waals surface area contributed by atoms with Gasteiger partial charge >= 0.3 is 0 Å². The van der Waals surface area contributed by atoms with Gasteiger partial charge in [0.2, 0.25) is 11.9 Å². The molecule has 0 atom stereocenters. The molecule has 226 valence electrons. The summed E-state index contributed by atoms with van der Waals surface area (Å²) in [6, 6.07) is 10.4. The van der Waals surface area contributed by atoms with Crippen molar-refractivity contribution >= 4 is 39.8 Å². The van der Waals surface area contributed by atoms with Crippen LogP contribution in [0.15, 0.2) is 59.9 Å². The van der Waals surface area contributed by atoms with E-state index < -0.39 is 0 Å². The zero-order valence-electron chi connectivity index (χ0n) is 25.8. The number of nitrogens with zero attached hydrogens (tertiary/aromatic N) is 7. The topological polar surface area (TPSA) is 117 Å². The molecule has 2 aromatic carbocycles. The average molecular weight is 592 g/mol. The van der Waals surface area contributed by atoms with Gasteiger partial charge in [-0.05, 0) is 70.1 Å². The van der Waals surface area contributed by atoms with Crippen molar-refractivity contribution in [1.82, 2.24) is 29.6 Å². The van der Waals surface area contributed by atoms with Crippen LogP contribution < -0.4 is 15.5 Å². The average Bonchev–Trinajstić information content (AvgIpc) is 3.62. The minimum atomic E-state index is -0.284. The summed E-state index contributed by atoms with van der Waals surface area (Å²) >= 11 is 0.